The Balaban J connectivity index is 2.81. The molecule has 0 fully saturated rings. The highest BCUT2D eigenvalue weighted by atomic mass is 79.9. The molecule has 88 valence electrons. The molecule has 1 aromatic carbocycles. The Bertz CT molecular complexity index is 386. The summed E-state index contributed by atoms with van der Waals surface area (Å²) in [5, 5.41) is 8.35. The van der Waals surface area contributed by atoms with E-state index in [1.807, 2.05) is 0 Å². The molecule has 1 aromatic rings. The van der Waals surface area contributed by atoms with E-state index in [4.69, 9.17) is 15.6 Å². The lowest BCUT2D eigenvalue weighted by molar-refractivity contribution is -0.137. The van der Waals surface area contributed by atoms with Gasteiger partial charge in [0, 0.05) is 22.2 Å². The highest BCUT2D eigenvalue weighted by Gasteiger charge is 2.19. The zero-order chi connectivity index (χ0) is 12.1. The third kappa shape index (κ3) is 3.70. The van der Waals surface area contributed by atoms with Crippen LogP contribution in [0, 0.1) is 0 Å². The number of hydrogen-bond donors (Lipinski definition) is 2. The highest BCUT2D eigenvalue weighted by molar-refractivity contribution is 9.10. The van der Waals surface area contributed by atoms with E-state index in [1.165, 1.54) is 18.9 Å². The summed E-state index contributed by atoms with van der Waals surface area (Å²) in [7, 11) is 1.48. The summed E-state index contributed by atoms with van der Waals surface area (Å²) < 4.78 is 5.65. The molecule has 0 aliphatic carbocycles. The van der Waals surface area contributed by atoms with Crippen LogP contribution in [0.25, 0.3) is 0 Å². The second kappa shape index (κ2) is 6.12. The Kier molecular flexibility index (Phi) is 5.11. The van der Waals surface area contributed by atoms with Crippen molar-refractivity contribution in [3.8, 4) is 0 Å². The summed E-state index contributed by atoms with van der Waals surface area (Å²) in [6, 6.07) is 5.27. The summed E-state index contributed by atoms with van der Waals surface area (Å²) in [6.45, 7) is 0.164. The molecule has 0 saturated heterocycles. The molecule has 6 heteroatoms. The first-order valence-corrected chi connectivity index (χ1v) is 6.15. The average Bonchev–Trinajstić information content (AvgIpc) is 2.20. The van der Waals surface area contributed by atoms with E-state index in [-0.39, 0.29) is 6.61 Å². The van der Waals surface area contributed by atoms with Crippen LogP contribution in [-0.2, 0) is 9.53 Å². The highest BCUT2D eigenvalue weighted by Crippen LogP contribution is 2.32. The summed E-state index contributed by atoms with van der Waals surface area (Å²) in [5.74, 6) is -0.893. The number of thioether (sulfide) groups is 1. The van der Waals surface area contributed by atoms with E-state index in [1.54, 1.807) is 18.2 Å². The number of halogens is 1. The Hall–Kier alpha value is -0.720. The number of methoxy groups -OCH3 is 1. The minimum absolute atomic E-state index is 0.164. The van der Waals surface area contributed by atoms with Crippen molar-refractivity contribution in [1.82, 2.24) is 0 Å². The first-order valence-electron chi connectivity index (χ1n) is 4.48. The maximum atomic E-state index is 10.9. The van der Waals surface area contributed by atoms with E-state index >= 15 is 0 Å². The zero-order valence-corrected chi connectivity index (χ0v) is 11.0. The second-order valence-electron chi connectivity index (χ2n) is 3.09. The smallest absolute Gasteiger partial charge is 0.319 e. The SMILES string of the molecule is COCC(Sc1ccc(N)cc1Br)C(=O)O. The number of nitrogens with two attached hydrogens (primary N) is 1. The van der Waals surface area contributed by atoms with Crippen molar-refractivity contribution in [2.75, 3.05) is 19.5 Å². The Morgan fingerprint density at radius 3 is 2.88 bits per heavy atom. The largest absolute Gasteiger partial charge is 0.480 e. The summed E-state index contributed by atoms with van der Waals surface area (Å²) >= 11 is 4.57. The third-order valence-electron chi connectivity index (χ3n) is 1.82. The number of carboxylic acid groups (broad SMARTS) is 1. The van der Waals surface area contributed by atoms with Gasteiger partial charge in [-0.05, 0) is 34.1 Å². The molecule has 0 bridgehead atoms. The first kappa shape index (κ1) is 13.3. The molecule has 0 spiro atoms. The summed E-state index contributed by atoms with van der Waals surface area (Å²) in [4.78, 5) is 11.8. The maximum absolute atomic E-state index is 10.9. The van der Waals surface area contributed by atoms with Gasteiger partial charge in [0.1, 0.15) is 5.25 Å². The van der Waals surface area contributed by atoms with Crippen molar-refractivity contribution in [1.29, 1.82) is 0 Å². The van der Waals surface area contributed by atoms with Gasteiger partial charge in [0.25, 0.3) is 0 Å². The number of aliphatic carboxylic acids is 1. The van der Waals surface area contributed by atoms with E-state index < -0.39 is 11.2 Å². The predicted molar refractivity (Wildman–Crippen MR) is 67.7 cm³/mol. The van der Waals surface area contributed by atoms with Gasteiger partial charge in [-0.15, -0.1) is 11.8 Å². The summed E-state index contributed by atoms with van der Waals surface area (Å²) in [6.07, 6.45) is 0. The van der Waals surface area contributed by atoms with Crippen LogP contribution in [0.1, 0.15) is 0 Å². The number of carbonyl (C=O) groups is 1. The van der Waals surface area contributed by atoms with Gasteiger partial charge in [0.05, 0.1) is 6.61 Å². The van der Waals surface area contributed by atoms with Gasteiger partial charge in [-0.1, -0.05) is 0 Å². The Morgan fingerprint density at radius 2 is 2.38 bits per heavy atom. The molecule has 1 rings (SSSR count). The number of nitrogen functional groups attached to an aromatic ring is 1. The van der Waals surface area contributed by atoms with Crippen LogP contribution in [0.5, 0.6) is 0 Å². The van der Waals surface area contributed by atoms with Crippen molar-refractivity contribution in [2.24, 2.45) is 0 Å². The monoisotopic (exact) mass is 305 g/mol. The standard InChI is InChI=1S/C10H12BrNO3S/c1-15-5-9(10(13)14)16-8-3-2-6(12)4-7(8)11/h2-4,9H,5,12H2,1H3,(H,13,14). The van der Waals surface area contributed by atoms with Crippen LogP contribution in [0.3, 0.4) is 0 Å². The number of benzene rings is 1. The van der Waals surface area contributed by atoms with Crippen LogP contribution in [0.15, 0.2) is 27.6 Å². The Morgan fingerprint density at radius 1 is 1.69 bits per heavy atom. The molecule has 4 nitrogen and oxygen atoms in total. The molecular weight excluding hydrogens is 294 g/mol. The number of rotatable bonds is 5. The fourth-order valence-corrected chi connectivity index (χ4v) is 2.68. The molecule has 0 amide bonds. The molecule has 0 radical (unpaired) electrons. The lowest BCUT2D eigenvalue weighted by Crippen LogP contribution is -2.21. The van der Waals surface area contributed by atoms with Gasteiger partial charge < -0.3 is 15.6 Å². The van der Waals surface area contributed by atoms with Crippen LogP contribution in [0.2, 0.25) is 0 Å². The maximum Gasteiger partial charge on any atom is 0.319 e. The molecule has 0 aromatic heterocycles. The van der Waals surface area contributed by atoms with Crippen molar-refractivity contribution >= 4 is 39.3 Å². The fourth-order valence-electron chi connectivity index (χ4n) is 1.07. The van der Waals surface area contributed by atoms with Crippen molar-refractivity contribution in [2.45, 2.75) is 10.1 Å². The predicted octanol–water partition coefficient (Wildman–Crippen LogP) is 2.22. The van der Waals surface area contributed by atoms with E-state index in [0.29, 0.717) is 5.69 Å². The molecule has 0 saturated carbocycles. The minimum Gasteiger partial charge on any atom is -0.480 e. The molecule has 0 aliphatic heterocycles. The summed E-state index contributed by atoms with van der Waals surface area (Å²) in [5.41, 5.74) is 6.23. The van der Waals surface area contributed by atoms with Gasteiger partial charge >= 0.3 is 5.97 Å². The molecule has 0 aliphatic rings. The van der Waals surface area contributed by atoms with Gasteiger partial charge in [-0.2, -0.15) is 0 Å². The Labute approximate surface area is 106 Å². The van der Waals surface area contributed by atoms with Gasteiger partial charge in [-0.25, -0.2) is 0 Å². The van der Waals surface area contributed by atoms with E-state index in [9.17, 15) is 4.79 Å². The number of ether oxygens (including phenoxy) is 1. The van der Waals surface area contributed by atoms with Crippen LogP contribution in [-0.4, -0.2) is 30.0 Å². The van der Waals surface area contributed by atoms with Gasteiger partial charge in [0.2, 0.25) is 0 Å². The average molecular weight is 306 g/mol. The topological polar surface area (TPSA) is 72.5 Å². The van der Waals surface area contributed by atoms with Crippen LogP contribution in [0.4, 0.5) is 5.69 Å². The third-order valence-corrected chi connectivity index (χ3v) is 3.97. The van der Waals surface area contributed by atoms with Gasteiger partial charge in [-0.3, -0.25) is 4.79 Å². The molecule has 0 heterocycles. The number of anilines is 1. The molecule has 1 unspecified atom stereocenters. The van der Waals surface area contributed by atoms with Crippen molar-refractivity contribution in [3.05, 3.63) is 22.7 Å². The zero-order valence-electron chi connectivity index (χ0n) is 8.64. The van der Waals surface area contributed by atoms with Gasteiger partial charge in [0.15, 0.2) is 0 Å². The van der Waals surface area contributed by atoms with E-state index in [2.05, 4.69) is 15.9 Å². The first-order chi connectivity index (χ1) is 7.54. The number of carboxylic acids is 1. The van der Waals surface area contributed by atoms with Crippen molar-refractivity contribution in [3.63, 3.8) is 0 Å². The minimum atomic E-state index is -0.893. The molecular formula is C10H12BrNO3S. The lowest BCUT2D eigenvalue weighted by Gasteiger charge is -2.12. The molecule has 1 atom stereocenters. The molecule has 3 N–H and O–H groups in total. The quantitative estimate of drug-likeness (QED) is 0.644. The van der Waals surface area contributed by atoms with Crippen molar-refractivity contribution < 1.29 is 14.6 Å². The van der Waals surface area contributed by atoms with Crippen LogP contribution < -0.4 is 5.73 Å². The molecule has 16 heavy (non-hydrogen) atoms. The van der Waals surface area contributed by atoms with Crippen LogP contribution >= 0.6 is 27.7 Å². The normalized spacial score (nSPS) is 12.4. The van der Waals surface area contributed by atoms with E-state index in [0.717, 1.165) is 9.37 Å². The fraction of sp³-hybridized carbons (Fsp3) is 0.300. The second-order valence-corrected chi connectivity index (χ2v) is 5.19. The lowest BCUT2D eigenvalue weighted by atomic mass is 10.3. The number of hydrogen-bond acceptors (Lipinski definition) is 4.